The fraction of sp³-hybridized carbons (Fsp3) is 0.179. The van der Waals surface area contributed by atoms with Gasteiger partial charge >= 0.3 is 6.03 Å². The molecule has 3 aromatic carbocycles. The summed E-state index contributed by atoms with van der Waals surface area (Å²) in [4.78, 5) is 19.5. The number of aromatic nitrogens is 2. The van der Waals surface area contributed by atoms with Crippen molar-refractivity contribution in [1.29, 1.82) is 0 Å². The van der Waals surface area contributed by atoms with E-state index in [1.54, 1.807) is 29.2 Å². The molecule has 1 atom stereocenters. The number of hydrogen-bond donors (Lipinski definition) is 1. The Bertz CT molecular complexity index is 1510. The molecule has 8 nitrogen and oxygen atoms in total. The van der Waals surface area contributed by atoms with E-state index in [2.05, 4.69) is 10.5 Å². The van der Waals surface area contributed by atoms with Gasteiger partial charge in [0.2, 0.25) is 12.6 Å². The van der Waals surface area contributed by atoms with Gasteiger partial charge in [0, 0.05) is 11.3 Å². The van der Waals surface area contributed by atoms with Crippen molar-refractivity contribution < 1.29 is 23.2 Å². The van der Waals surface area contributed by atoms with E-state index in [4.69, 9.17) is 19.0 Å². The van der Waals surface area contributed by atoms with Crippen LogP contribution in [0.3, 0.4) is 0 Å². The summed E-state index contributed by atoms with van der Waals surface area (Å²) in [6, 6.07) is 18.7. The monoisotopic (exact) mass is 498 g/mol. The van der Waals surface area contributed by atoms with Crippen molar-refractivity contribution in [1.82, 2.24) is 20.4 Å². The Morgan fingerprint density at radius 1 is 1.00 bits per heavy atom. The van der Waals surface area contributed by atoms with Gasteiger partial charge in [-0.05, 0) is 55.3 Å². The molecular weight excluding hydrogens is 475 g/mol. The van der Waals surface area contributed by atoms with E-state index in [9.17, 15) is 9.18 Å². The van der Waals surface area contributed by atoms with Crippen molar-refractivity contribution in [3.8, 4) is 22.9 Å². The zero-order valence-electron chi connectivity index (χ0n) is 20.2. The number of benzene rings is 3. The Hall–Kier alpha value is -4.66. The minimum atomic E-state index is -0.498. The van der Waals surface area contributed by atoms with Gasteiger partial charge in [-0.15, -0.1) is 0 Å². The third-order valence-corrected chi connectivity index (χ3v) is 6.55. The first-order chi connectivity index (χ1) is 18.0. The summed E-state index contributed by atoms with van der Waals surface area (Å²) in [6.07, 6.45) is 0. The number of halogens is 1. The number of nitrogens with one attached hydrogen (secondary N) is 1. The van der Waals surface area contributed by atoms with Crippen molar-refractivity contribution >= 4 is 11.6 Å². The average molecular weight is 499 g/mol. The predicted octanol–water partition coefficient (Wildman–Crippen LogP) is 5.61. The molecule has 1 aromatic heterocycles. The predicted molar refractivity (Wildman–Crippen MR) is 133 cm³/mol. The van der Waals surface area contributed by atoms with Crippen LogP contribution in [-0.2, 0) is 6.54 Å². The van der Waals surface area contributed by atoms with Crippen LogP contribution in [0.15, 0.2) is 77.0 Å². The van der Waals surface area contributed by atoms with Crippen LogP contribution in [0.5, 0.6) is 11.5 Å². The first kappa shape index (κ1) is 22.8. The summed E-state index contributed by atoms with van der Waals surface area (Å²) in [5.41, 5.74) is 4.85. The summed E-state index contributed by atoms with van der Waals surface area (Å²) in [7, 11) is 0. The molecule has 6 rings (SSSR count). The number of hydrogen-bond acceptors (Lipinski definition) is 6. The molecule has 3 heterocycles. The lowest BCUT2D eigenvalue weighted by Gasteiger charge is -2.35. The Labute approximate surface area is 212 Å². The van der Waals surface area contributed by atoms with E-state index in [-0.39, 0.29) is 25.2 Å². The van der Waals surface area contributed by atoms with Gasteiger partial charge in [0.15, 0.2) is 11.5 Å². The fourth-order valence-electron chi connectivity index (χ4n) is 4.52. The molecule has 0 bridgehead atoms. The van der Waals surface area contributed by atoms with Crippen molar-refractivity contribution in [3.05, 3.63) is 101 Å². The summed E-state index contributed by atoms with van der Waals surface area (Å²) in [6.45, 7) is 4.28. The number of carbonyl (C=O) groups excluding carboxylic acids is 1. The van der Waals surface area contributed by atoms with E-state index >= 15 is 0 Å². The van der Waals surface area contributed by atoms with Crippen LogP contribution in [0.25, 0.3) is 17.0 Å². The molecule has 0 fully saturated rings. The first-order valence-electron chi connectivity index (χ1n) is 11.8. The lowest BCUT2D eigenvalue weighted by molar-refractivity contribution is 0.174. The molecule has 2 aliphatic rings. The van der Waals surface area contributed by atoms with Gasteiger partial charge in [0.05, 0.1) is 18.2 Å². The molecule has 186 valence electrons. The summed E-state index contributed by atoms with van der Waals surface area (Å²) < 4.78 is 30.1. The molecule has 1 N–H and O–H groups in total. The topological polar surface area (TPSA) is 89.7 Å². The van der Waals surface area contributed by atoms with Crippen LogP contribution in [0, 0.1) is 12.7 Å². The van der Waals surface area contributed by atoms with E-state index < -0.39 is 6.04 Å². The number of nitrogens with zero attached hydrogens (tertiary/aromatic N) is 3. The highest BCUT2D eigenvalue weighted by molar-refractivity contribution is 5.87. The Kier molecular flexibility index (Phi) is 5.60. The van der Waals surface area contributed by atoms with Crippen LogP contribution in [-0.4, -0.2) is 27.9 Å². The number of fused-ring (bicyclic) bond motifs is 1. The average Bonchev–Trinajstić information content (AvgIpc) is 3.57. The van der Waals surface area contributed by atoms with Crippen molar-refractivity contribution in [2.45, 2.75) is 26.4 Å². The lowest BCUT2D eigenvalue weighted by Crippen LogP contribution is -2.45. The van der Waals surface area contributed by atoms with Crippen LogP contribution in [0.2, 0.25) is 0 Å². The number of rotatable bonds is 5. The minimum absolute atomic E-state index is 0.171. The molecule has 0 saturated carbocycles. The van der Waals surface area contributed by atoms with E-state index in [1.807, 2.05) is 44.2 Å². The summed E-state index contributed by atoms with van der Waals surface area (Å²) in [5.74, 6) is 1.63. The molecule has 2 amide bonds. The highest BCUT2D eigenvalue weighted by Gasteiger charge is 2.36. The number of urea groups is 1. The molecule has 9 heteroatoms. The Balaban J connectivity index is 1.42. The van der Waals surface area contributed by atoms with Crippen molar-refractivity contribution in [2.24, 2.45) is 0 Å². The number of aryl methyl sites for hydroxylation is 1. The van der Waals surface area contributed by atoms with Crippen LogP contribution >= 0.6 is 0 Å². The SMILES string of the molecule is CC1=C(c2nc(-c3ccc4c(c3)OCO4)no2)C(c2ccc(C)cc2)NC(=O)N1Cc1ccc(F)cc1. The highest BCUT2D eigenvalue weighted by Crippen LogP contribution is 2.39. The molecule has 4 aromatic rings. The second-order valence-corrected chi connectivity index (χ2v) is 9.00. The van der Waals surface area contributed by atoms with E-state index in [0.717, 1.165) is 16.7 Å². The molecule has 2 aliphatic heterocycles. The van der Waals surface area contributed by atoms with Crippen molar-refractivity contribution in [2.75, 3.05) is 6.79 Å². The molecule has 0 spiro atoms. The van der Waals surface area contributed by atoms with Gasteiger partial charge in [-0.2, -0.15) is 4.98 Å². The fourth-order valence-corrected chi connectivity index (χ4v) is 4.52. The number of ether oxygens (including phenoxy) is 2. The van der Waals surface area contributed by atoms with Gasteiger partial charge in [0.1, 0.15) is 5.82 Å². The first-order valence-corrected chi connectivity index (χ1v) is 11.8. The number of carbonyl (C=O) groups is 1. The Morgan fingerprint density at radius 2 is 1.76 bits per heavy atom. The standard InChI is InChI=1S/C28H23FN4O4/c1-16-3-7-19(8-4-16)25-24(17(2)33(28(34)30-25)14-18-5-10-21(29)11-6-18)27-31-26(32-37-27)20-9-12-22-23(13-20)36-15-35-22/h3-13,25H,14-15H2,1-2H3,(H,30,34). The summed E-state index contributed by atoms with van der Waals surface area (Å²) >= 11 is 0. The van der Waals surface area contributed by atoms with Crippen LogP contribution in [0.1, 0.15) is 35.5 Å². The zero-order chi connectivity index (χ0) is 25.5. The second-order valence-electron chi connectivity index (χ2n) is 9.00. The molecule has 0 radical (unpaired) electrons. The maximum absolute atomic E-state index is 13.4. The quantitative estimate of drug-likeness (QED) is 0.385. The van der Waals surface area contributed by atoms with Gasteiger partial charge in [0.25, 0.3) is 5.89 Å². The Morgan fingerprint density at radius 3 is 2.54 bits per heavy atom. The second kappa shape index (κ2) is 9.09. The maximum Gasteiger partial charge on any atom is 0.322 e. The van der Waals surface area contributed by atoms with Gasteiger partial charge in [-0.1, -0.05) is 47.1 Å². The van der Waals surface area contributed by atoms with E-state index in [1.165, 1.54) is 12.1 Å². The van der Waals surface area contributed by atoms with Crippen LogP contribution in [0.4, 0.5) is 9.18 Å². The van der Waals surface area contributed by atoms with Crippen molar-refractivity contribution in [3.63, 3.8) is 0 Å². The molecule has 1 unspecified atom stereocenters. The molecule has 0 aliphatic carbocycles. The third-order valence-electron chi connectivity index (χ3n) is 6.55. The third kappa shape index (κ3) is 4.29. The minimum Gasteiger partial charge on any atom is -0.454 e. The lowest BCUT2D eigenvalue weighted by atomic mass is 9.94. The molecule has 0 saturated heterocycles. The number of allylic oxidation sites excluding steroid dienone is 1. The van der Waals surface area contributed by atoms with Gasteiger partial charge in [-0.25, -0.2) is 9.18 Å². The largest absolute Gasteiger partial charge is 0.454 e. The smallest absolute Gasteiger partial charge is 0.322 e. The molecular formula is C28H23FN4O4. The number of amides is 2. The molecule has 37 heavy (non-hydrogen) atoms. The van der Waals surface area contributed by atoms with Crippen LogP contribution < -0.4 is 14.8 Å². The normalized spacial score (nSPS) is 16.8. The van der Waals surface area contributed by atoms with E-state index in [0.29, 0.717) is 40.0 Å². The maximum atomic E-state index is 13.4. The van der Waals surface area contributed by atoms with Gasteiger partial charge in [-0.3, -0.25) is 4.90 Å². The van der Waals surface area contributed by atoms with Gasteiger partial charge < -0.3 is 19.3 Å². The summed E-state index contributed by atoms with van der Waals surface area (Å²) in [5, 5.41) is 7.30. The zero-order valence-corrected chi connectivity index (χ0v) is 20.2. The highest BCUT2D eigenvalue weighted by atomic mass is 19.1.